The average Bonchev–Trinajstić information content (AvgIpc) is 3.52. The quantitative estimate of drug-likeness (QED) is 0.365. The highest BCUT2D eigenvalue weighted by atomic mass is 35.5. The number of amides is 1. The standard InChI is InChI=1S/C20H35ClN2O5S/c1-10(21)14(18-16(25)15(24)17(26)20(28-18)29-2)23-19(27)13-6-5-12(7-8-22-13)9-11-3-4-11/h10-18,20,22,24-26H,3-9H2,1-2H3,(H,23,27)/t10?,12?,13?,14?,15-,16+,17+,18+,20+/m0/s1. The number of aliphatic hydroxyl groups is 3. The van der Waals surface area contributed by atoms with Crippen LogP contribution in [0, 0.1) is 11.8 Å². The number of alkyl halides is 1. The fourth-order valence-corrected chi connectivity index (χ4v) is 5.37. The van der Waals surface area contributed by atoms with Gasteiger partial charge in [-0.1, -0.05) is 12.8 Å². The molecule has 1 saturated carbocycles. The molecule has 3 aliphatic rings. The van der Waals surface area contributed by atoms with Gasteiger partial charge < -0.3 is 30.7 Å². The van der Waals surface area contributed by atoms with Gasteiger partial charge in [0, 0.05) is 0 Å². The third kappa shape index (κ3) is 5.99. The van der Waals surface area contributed by atoms with Gasteiger partial charge in [0.2, 0.25) is 5.91 Å². The number of hydrogen-bond donors (Lipinski definition) is 5. The van der Waals surface area contributed by atoms with Gasteiger partial charge in [0.15, 0.2) is 0 Å². The lowest BCUT2D eigenvalue weighted by Gasteiger charge is -2.44. The molecule has 5 N–H and O–H groups in total. The second-order valence-corrected chi connectivity index (χ2v) is 10.4. The minimum atomic E-state index is -1.36. The predicted octanol–water partition coefficient (Wildman–Crippen LogP) is 0.827. The molecule has 2 aliphatic heterocycles. The van der Waals surface area contributed by atoms with Crippen LogP contribution < -0.4 is 10.6 Å². The molecule has 29 heavy (non-hydrogen) atoms. The Kier molecular flexibility index (Phi) is 8.52. The highest BCUT2D eigenvalue weighted by Crippen LogP contribution is 2.38. The highest BCUT2D eigenvalue weighted by molar-refractivity contribution is 7.99. The molecule has 2 saturated heterocycles. The maximum absolute atomic E-state index is 13.0. The summed E-state index contributed by atoms with van der Waals surface area (Å²) < 4.78 is 5.82. The molecular formula is C20H35ClN2O5S. The second-order valence-electron chi connectivity index (χ2n) is 8.81. The topological polar surface area (TPSA) is 111 Å². The van der Waals surface area contributed by atoms with Crippen molar-refractivity contribution in [1.29, 1.82) is 0 Å². The van der Waals surface area contributed by atoms with Crippen LogP contribution in [0.15, 0.2) is 0 Å². The third-order valence-corrected chi connectivity index (χ3v) is 7.61. The van der Waals surface area contributed by atoms with Gasteiger partial charge in [0.05, 0.1) is 17.5 Å². The molecule has 0 aromatic rings. The molecule has 9 heteroatoms. The first kappa shape index (κ1) is 23.6. The number of aliphatic hydroxyl groups excluding tert-OH is 3. The second kappa shape index (κ2) is 10.5. The molecule has 3 rings (SSSR count). The summed E-state index contributed by atoms with van der Waals surface area (Å²) >= 11 is 7.58. The van der Waals surface area contributed by atoms with Crippen LogP contribution in [0.4, 0.5) is 0 Å². The van der Waals surface area contributed by atoms with Crippen LogP contribution in [0.3, 0.4) is 0 Å². The Balaban J connectivity index is 1.61. The Bertz CT molecular complexity index is 551. The van der Waals surface area contributed by atoms with E-state index in [1.54, 1.807) is 13.2 Å². The fourth-order valence-electron chi connectivity index (χ4n) is 4.48. The van der Waals surface area contributed by atoms with Gasteiger partial charge in [-0.15, -0.1) is 23.4 Å². The first-order valence-corrected chi connectivity index (χ1v) is 12.4. The number of hydrogen-bond acceptors (Lipinski definition) is 7. The number of halogens is 1. The first-order chi connectivity index (χ1) is 13.8. The molecule has 168 valence electrons. The number of nitrogens with one attached hydrogen (secondary N) is 2. The van der Waals surface area contributed by atoms with Crippen molar-refractivity contribution in [2.75, 3.05) is 12.8 Å². The van der Waals surface area contributed by atoms with Gasteiger partial charge in [0.1, 0.15) is 29.9 Å². The molecule has 0 radical (unpaired) electrons. The zero-order valence-corrected chi connectivity index (χ0v) is 18.7. The lowest BCUT2D eigenvalue weighted by atomic mass is 9.92. The molecule has 2 heterocycles. The van der Waals surface area contributed by atoms with Gasteiger partial charge in [-0.3, -0.25) is 4.79 Å². The van der Waals surface area contributed by atoms with E-state index in [4.69, 9.17) is 16.3 Å². The van der Waals surface area contributed by atoms with Crippen molar-refractivity contribution in [3.05, 3.63) is 0 Å². The largest absolute Gasteiger partial charge is 0.388 e. The zero-order chi connectivity index (χ0) is 21.1. The third-order valence-electron chi connectivity index (χ3n) is 6.48. The van der Waals surface area contributed by atoms with Gasteiger partial charge in [-0.2, -0.15) is 0 Å². The summed E-state index contributed by atoms with van der Waals surface area (Å²) in [5.41, 5.74) is -0.701. The molecular weight excluding hydrogens is 416 g/mol. The van der Waals surface area contributed by atoms with Gasteiger partial charge in [-0.25, -0.2) is 0 Å². The molecule has 7 nitrogen and oxygen atoms in total. The molecule has 0 bridgehead atoms. The van der Waals surface area contributed by atoms with Crippen LogP contribution in [0.1, 0.15) is 45.4 Å². The van der Waals surface area contributed by atoms with Crippen molar-refractivity contribution in [3.63, 3.8) is 0 Å². The SMILES string of the molecule is CS[C@H]1O[C@H](C(NC(=O)C2CCC(CC3CC3)CCN2)C(C)Cl)[C@H](O)[C@H](O)[C@H]1O. The van der Waals surface area contributed by atoms with Crippen molar-refractivity contribution in [1.82, 2.24) is 10.6 Å². The summed E-state index contributed by atoms with van der Waals surface area (Å²) in [6.07, 6.45) is 3.82. The molecule has 0 aromatic heterocycles. The summed E-state index contributed by atoms with van der Waals surface area (Å²) in [5, 5.41) is 36.5. The summed E-state index contributed by atoms with van der Waals surface area (Å²) in [7, 11) is 0. The first-order valence-electron chi connectivity index (χ1n) is 10.7. The smallest absolute Gasteiger partial charge is 0.237 e. The Hall–Kier alpha value is -0.0900. The maximum Gasteiger partial charge on any atom is 0.237 e. The van der Waals surface area contributed by atoms with Crippen LogP contribution in [-0.2, 0) is 9.53 Å². The van der Waals surface area contributed by atoms with E-state index >= 15 is 0 Å². The van der Waals surface area contributed by atoms with E-state index in [1.807, 2.05) is 0 Å². The molecule has 4 unspecified atom stereocenters. The van der Waals surface area contributed by atoms with Crippen LogP contribution in [0.25, 0.3) is 0 Å². The lowest BCUT2D eigenvalue weighted by Crippen LogP contribution is -2.65. The molecule has 0 spiro atoms. The van der Waals surface area contributed by atoms with Gasteiger partial charge in [-0.05, 0) is 57.2 Å². The Morgan fingerprint density at radius 2 is 1.79 bits per heavy atom. The summed E-state index contributed by atoms with van der Waals surface area (Å²) in [6.45, 7) is 2.54. The number of carbonyl (C=O) groups excluding carboxylic acids is 1. The minimum absolute atomic E-state index is 0.160. The van der Waals surface area contributed by atoms with Gasteiger partial charge >= 0.3 is 0 Å². The average molecular weight is 451 g/mol. The minimum Gasteiger partial charge on any atom is -0.388 e. The molecule has 9 atom stereocenters. The van der Waals surface area contributed by atoms with Crippen molar-refractivity contribution >= 4 is 29.3 Å². The molecule has 3 fully saturated rings. The van der Waals surface area contributed by atoms with Crippen LogP contribution in [0.5, 0.6) is 0 Å². The predicted molar refractivity (Wildman–Crippen MR) is 114 cm³/mol. The maximum atomic E-state index is 13.0. The monoisotopic (exact) mass is 450 g/mol. The van der Waals surface area contributed by atoms with Crippen molar-refractivity contribution in [2.24, 2.45) is 11.8 Å². The lowest BCUT2D eigenvalue weighted by molar-refractivity contribution is -0.205. The zero-order valence-electron chi connectivity index (χ0n) is 17.2. The van der Waals surface area contributed by atoms with E-state index in [1.165, 1.54) is 31.0 Å². The Labute approximate surface area is 182 Å². The van der Waals surface area contributed by atoms with Gasteiger partial charge in [0.25, 0.3) is 0 Å². The number of rotatable bonds is 7. The van der Waals surface area contributed by atoms with E-state index in [9.17, 15) is 20.1 Å². The van der Waals surface area contributed by atoms with Crippen molar-refractivity contribution in [3.8, 4) is 0 Å². The van der Waals surface area contributed by atoms with Crippen LogP contribution in [0.2, 0.25) is 0 Å². The fraction of sp³-hybridized carbons (Fsp3) is 0.950. The molecule has 0 aromatic carbocycles. The van der Waals surface area contributed by atoms with E-state index in [-0.39, 0.29) is 11.9 Å². The normalized spacial score (nSPS) is 40.7. The van der Waals surface area contributed by atoms with Crippen LogP contribution >= 0.6 is 23.4 Å². The number of carbonyl (C=O) groups is 1. The number of ether oxygens (including phenoxy) is 1. The molecule has 1 amide bonds. The summed E-state index contributed by atoms with van der Waals surface area (Å²) in [4.78, 5) is 13.0. The summed E-state index contributed by atoms with van der Waals surface area (Å²) in [5.74, 6) is 1.41. The van der Waals surface area contributed by atoms with E-state index in [0.717, 1.165) is 31.7 Å². The number of thioether (sulfide) groups is 1. The summed E-state index contributed by atoms with van der Waals surface area (Å²) in [6, 6.07) is -0.993. The highest BCUT2D eigenvalue weighted by Gasteiger charge is 2.48. The Morgan fingerprint density at radius 3 is 2.41 bits per heavy atom. The van der Waals surface area contributed by atoms with E-state index in [0.29, 0.717) is 5.92 Å². The molecule has 1 aliphatic carbocycles. The van der Waals surface area contributed by atoms with Crippen LogP contribution in [-0.4, -0.2) is 81.3 Å². The van der Waals surface area contributed by atoms with E-state index in [2.05, 4.69) is 10.6 Å². The van der Waals surface area contributed by atoms with Crippen molar-refractivity contribution < 1.29 is 24.9 Å². The van der Waals surface area contributed by atoms with E-state index < -0.39 is 41.3 Å². The van der Waals surface area contributed by atoms with Crippen molar-refractivity contribution in [2.45, 2.75) is 92.8 Å². The Morgan fingerprint density at radius 1 is 1.14 bits per heavy atom.